The van der Waals surface area contributed by atoms with Gasteiger partial charge in [0.15, 0.2) is 0 Å². The molecule has 1 heterocycles. The van der Waals surface area contributed by atoms with Crippen LogP contribution in [-0.2, 0) is 14.3 Å². The molecule has 0 aromatic rings. The van der Waals surface area contributed by atoms with Crippen molar-refractivity contribution in [2.24, 2.45) is 5.92 Å². The predicted molar refractivity (Wildman–Crippen MR) is 49.7 cm³/mol. The molecular weight excluding hydrogens is 187 g/mol. The third kappa shape index (κ3) is 3.62. The van der Waals surface area contributed by atoms with Crippen molar-refractivity contribution in [3.8, 4) is 0 Å². The molecule has 0 spiro atoms. The summed E-state index contributed by atoms with van der Waals surface area (Å²) in [4.78, 5) is 10.9. The number of carbonyl (C=O) groups excluding carboxylic acids is 1. The lowest BCUT2D eigenvalue weighted by molar-refractivity contribution is -0.141. The first-order valence-corrected chi connectivity index (χ1v) is 5.02. The van der Waals surface area contributed by atoms with Gasteiger partial charge in [0.05, 0.1) is 7.11 Å². The second-order valence-corrected chi connectivity index (χ2v) is 3.58. The molecule has 0 bridgehead atoms. The molecule has 14 heavy (non-hydrogen) atoms. The van der Waals surface area contributed by atoms with Crippen LogP contribution in [0.25, 0.3) is 0 Å². The average molecular weight is 204 g/mol. The zero-order valence-corrected chi connectivity index (χ0v) is 8.50. The van der Waals surface area contributed by atoms with Gasteiger partial charge in [-0.05, 0) is 18.8 Å². The minimum atomic E-state index is -0.831. The van der Waals surface area contributed by atoms with Crippen LogP contribution in [0.15, 0.2) is 0 Å². The molecule has 0 aromatic carbocycles. The minimum Gasteiger partial charge on any atom is -0.469 e. The highest BCUT2D eigenvalue weighted by molar-refractivity contribution is 5.69. The molecule has 0 aromatic heterocycles. The first kappa shape index (κ1) is 11.4. The number of hydrogen-bond acceptors (Lipinski definition) is 3. The van der Waals surface area contributed by atoms with Gasteiger partial charge in [0.2, 0.25) is 0 Å². The molecule has 1 fully saturated rings. The van der Waals surface area contributed by atoms with Crippen LogP contribution in [0.1, 0.15) is 25.7 Å². The molecule has 4 heteroatoms. The number of ether oxygens (including phenoxy) is 2. The summed E-state index contributed by atoms with van der Waals surface area (Å²) < 4.78 is 23.1. The molecule has 2 atom stereocenters. The van der Waals surface area contributed by atoms with Crippen molar-refractivity contribution < 1.29 is 18.7 Å². The number of halogens is 1. The topological polar surface area (TPSA) is 35.5 Å². The van der Waals surface area contributed by atoms with Gasteiger partial charge >= 0.3 is 5.97 Å². The van der Waals surface area contributed by atoms with Gasteiger partial charge in [0, 0.05) is 26.1 Å². The van der Waals surface area contributed by atoms with Gasteiger partial charge in [-0.1, -0.05) is 0 Å². The Hall–Kier alpha value is -0.640. The second kappa shape index (κ2) is 5.96. The van der Waals surface area contributed by atoms with E-state index in [1.54, 1.807) is 0 Å². The lowest BCUT2D eigenvalue weighted by Crippen LogP contribution is -2.17. The summed E-state index contributed by atoms with van der Waals surface area (Å²) in [6.45, 7) is 1.10. The van der Waals surface area contributed by atoms with E-state index in [-0.39, 0.29) is 11.9 Å². The number of hydrogen-bond donors (Lipinski definition) is 0. The summed E-state index contributed by atoms with van der Waals surface area (Å²) in [7, 11) is 1.35. The van der Waals surface area contributed by atoms with E-state index in [0.29, 0.717) is 38.9 Å². The number of methoxy groups -OCH3 is 1. The van der Waals surface area contributed by atoms with E-state index in [9.17, 15) is 9.18 Å². The maximum absolute atomic E-state index is 13.4. The monoisotopic (exact) mass is 204 g/mol. The Morgan fingerprint density at radius 2 is 2.21 bits per heavy atom. The Kier molecular flexibility index (Phi) is 4.87. The lowest BCUT2D eigenvalue weighted by Gasteiger charge is -2.16. The van der Waals surface area contributed by atoms with Gasteiger partial charge in [0.25, 0.3) is 0 Å². The summed E-state index contributed by atoms with van der Waals surface area (Å²) in [6.07, 6.45) is 1.20. The largest absolute Gasteiger partial charge is 0.469 e. The van der Waals surface area contributed by atoms with Crippen molar-refractivity contribution in [2.75, 3.05) is 20.3 Å². The third-order valence-electron chi connectivity index (χ3n) is 2.63. The predicted octanol–water partition coefficient (Wildman–Crippen LogP) is 1.70. The highest BCUT2D eigenvalue weighted by Crippen LogP contribution is 2.24. The minimum absolute atomic E-state index is 0.0448. The summed E-state index contributed by atoms with van der Waals surface area (Å²) in [5.74, 6) is -0.307. The Labute approximate surface area is 83.6 Å². The van der Waals surface area contributed by atoms with Crippen LogP contribution in [0.2, 0.25) is 0 Å². The first-order valence-electron chi connectivity index (χ1n) is 5.02. The molecule has 82 valence electrons. The van der Waals surface area contributed by atoms with Crippen LogP contribution in [0, 0.1) is 5.92 Å². The van der Waals surface area contributed by atoms with E-state index in [0.717, 1.165) is 0 Å². The average Bonchev–Trinajstić information content (AvgIpc) is 2.39. The maximum Gasteiger partial charge on any atom is 0.305 e. The summed E-state index contributed by atoms with van der Waals surface area (Å²) in [5, 5.41) is 0. The van der Waals surface area contributed by atoms with Gasteiger partial charge in [-0.3, -0.25) is 4.79 Å². The smallest absolute Gasteiger partial charge is 0.305 e. The summed E-state index contributed by atoms with van der Waals surface area (Å²) >= 11 is 0. The van der Waals surface area contributed by atoms with E-state index in [2.05, 4.69) is 4.74 Å². The molecule has 1 aliphatic rings. The van der Waals surface area contributed by atoms with Crippen LogP contribution in [0.3, 0.4) is 0 Å². The Morgan fingerprint density at radius 1 is 1.50 bits per heavy atom. The Morgan fingerprint density at radius 3 is 2.93 bits per heavy atom. The van der Waals surface area contributed by atoms with Gasteiger partial charge < -0.3 is 9.47 Å². The zero-order valence-electron chi connectivity index (χ0n) is 8.50. The fraction of sp³-hybridized carbons (Fsp3) is 0.900. The molecule has 0 saturated carbocycles. The van der Waals surface area contributed by atoms with E-state index < -0.39 is 6.17 Å². The maximum atomic E-state index is 13.4. The van der Waals surface area contributed by atoms with Crippen LogP contribution in [0.5, 0.6) is 0 Å². The fourth-order valence-electron chi connectivity index (χ4n) is 1.68. The van der Waals surface area contributed by atoms with Gasteiger partial charge in [-0.15, -0.1) is 0 Å². The van der Waals surface area contributed by atoms with Gasteiger partial charge in [-0.2, -0.15) is 0 Å². The van der Waals surface area contributed by atoms with Crippen molar-refractivity contribution in [3.05, 3.63) is 0 Å². The van der Waals surface area contributed by atoms with Crippen LogP contribution < -0.4 is 0 Å². The van der Waals surface area contributed by atoms with Gasteiger partial charge in [-0.25, -0.2) is 4.39 Å². The molecule has 1 rings (SSSR count). The van der Waals surface area contributed by atoms with Gasteiger partial charge in [0.1, 0.15) is 6.17 Å². The van der Waals surface area contributed by atoms with Crippen LogP contribution >= 0.6 is 0 Å². The lowest BCUT2D eigenvalue weighted by atomic mass is 9.93. The van der Waals surface area contributed by atoms with Crippen molar-refractivity contribution >= 4 is 5.97 Å². The van der Waals surface area contributed by atoms with Crippen molar-refractivity contribution in [1.82, 2.24) is 0 Å². The molecule has 1 aliphatic heterocycles. The number of esters is 1. The number of carbonyl (C=O) groups is 1. The standard InChI is InChI=1S/C10H17FO3/c1-13-10(12)3-2-8-4-6-14-7-5-9(8)11/h8-9H,2-7H2,1H3/t8-,9-/m1/s1. The zero-order chi connectivity index (χ0) is 10.4. The molecule has 0 aliphatic carbocycles. The Bertz CT molecular complexity index is 184. The second-order valence-electron chi connectivity index (χ2n) is 3.58. The molecule has 0 unspecified atom stereocenters. The van der Waals surface area contributed by atoms with Crippen LogP contribution in [-0.4, -0.2) is 32.5 Å². The highest BCUT2D eigenvalue weighted by Gasteiger charge is 2.24. The molecule has 0 amide bonds. The normalized spacial score (nSPS) is 28.1. The first-order chi connectivity index (χ1) is 6.74. The molecule has 0 N–H and O–H groups in total. The van der Waals surface area contributed by atoms with Crippen molar-refractivity contribution in [2.45, 2.75) is 31.9 Å². The summed E-state index contributed by atoms with van der Waals surface area (Å²) in [5.41, 5.74) is 0. The molecule has 1 saturated heterocycles. The highest BCUT2D eigenvalue weighted by atomic mass is 19.1. The van der Waals surface area contributed by atoms with Crippen molar-refractivity contribution in [1.29, 1.82) is 0 Å². The van der Waals surface area contributed by atoms with E-state index in [1.165, 1.54) is 7.11 Å². The van der Waals surface area contributed by atoms with Crippen molar-refractivity contribution in [3.63, 3.8) is 0 Å². The van der Waals surface area contributed by atoms with E-state index in [4.69, 9.17) is 4.74 Å². The quantitative estimate of drug-likeness (QED) is 0.656. The number of rotatable bonds is 3. The Balaban J connectivity index is 2.29. The molecular formula is C10H17FO3. The number of alkyl halides is 1. The molecule has 0 radical (unpaired) electrons. The fourth-order valence-corrected chi connectivity index (χ4v) is 1.68. The van der Waals surface area contributed by atoms with Crippen LogP contribution in [0.4, 0.5) is 4.39 Å². The summed E-state index contributed by atoms with van der Waals surface area (Å²) in [6, 6.07) is 0. The SMILES string of the molecule is COC(=O)CC[C@@H]1CCOCC[C@H]1F. The molecule has 3 nitrogen and oxygen atoms in total. The van der Waals surface area contributed by atoms with E-state index in [1.807, 2.05) is 0 Å². The third-order valence-corrected chi connectivity index (χ3v) is 2.63. The van der Waals surface area contributed by atoms with E-state index >= 15 is 0 Å².